The second kappa shape index (κ2) is 4.89. The van der Waals surface area contributed by atoms with Gasteiger partial charge in [0, 0.05) is 18.6 Å². The van der Waals surface area contributed by atoms with Crippen molar-refractivity contribution in [3.63, 3.8) is 0 Å². The first kappa shape index (κ1) is 12.8. The Hall–Kier alpha value is -1.69. The first-order valence-electron chi connectivity index (χ1n) is 5.40. The summed E-state index contributed by atoms with van der Waals surface area (Å²) < 4.78 is 0.986. The molecule has 6 heteroatoms. The molecule has 0 fully saturated rings. The van der Waals surface area contributed by atoms with Crippen LogP contribution in [0.15, 0.2) is 28.7 Å². The van der Waals surface area contributed by atoms with E-state index in [1.165, 1.54) is 9.70 Å². The Morgan fingerprint density at radius 2 is 1.83 bits per heavy atom. The van der Waals surface area contributed by atoms with Gasteiger partial charge in [0.2, 0.25) is 0 Å². The highest BCUT2D eigenvalue weighted by Crippen LogP contribution is 2.14. The molecule has 0 aliphatic rings. The maximum absolute atomic E-state index is 11.9. The maximum Gasteiger partial charge on any atom is 0.275 e. The van der Waals surface area contributed by atoms with Crippen LogP contribution in [0.3, 0.4) is 0 Å². The van der Waals surface area contributed by atoms with Gasteiger partial charge in [0.15, 0.2) is 5.69 Å². The van der Waals surface area contributed by atoms with Gasteiger partial charge in [-0.2, -0.15) is 9.90 Å². The van der Waals surface area contributed by atoms with Crippen LogP contribution >= 0.6 is 15.9 Å². The van der Waals surface area contributed by atoms with Gasteiger partial charge in [-0.1, -0.05) is 15.9 Å². The first-order valence-corrected chi connectivity index (χ1v) is 6.20. The summed E-state index contributed by atoms with van der Waals surface area (Å²) in [4.78, 5) is 14.8. The minimum Gasteiger partial charge on any atom is -0.343 e. The minimum absolute atomic E-state index is 0.143. The fraction of sp³-hybridized carbons (Fsp3) is 0.250. The Balaban J connectivity index is 2.40. The third kappa shape index (κ3) is 2.43. The molecule has 2 aromatic rings. The van der Waals surface area contributed by atoms with E-state index in [2.05, 4.69) is 26.1 Å². The molecule has 0 aliphatic carbocycles. The van der Waals surface area contributed by atoms with Gasteiger partial charge in [0.25, 0.3) is 5.91 Å². The van der Waals surface area contributed by atoms with Gasteiger partial charge in [-0.05, 0) is 31.2 Å². The molecule has 94 valence electrons. The zero-order valence-corrected chi connectivity index (χ0v) is 12.0. The smallest absolute Gasteiger partial charge is 0.275 e. The number of amides is 1. The summed E-state index contributed by atoms with van der Waals surface area (Å²) in [5.41, 5.74) is 1.82. The summed E-state index contributed by atoms with van der Waals surface area (Å²) in [5, 5.41) is 8.49. The fourth-order valence-corrected chi connectivity index (χ4v) is 1.74. The van der Waals surface area contributed by atoms with Crippen LogP contribution in [0, 0.1) is 6.92 Å². The number of benzene rings is 1. The third-order valence-electron chi connectivity index (χ3n) is 2.45. The topological polar surface area (TPSA) is 51.0 Å². The van der Waals surface area contributed by atoms with Gasteiger partial charge in [-0.3, -0.25) is 4.79 Å². The molecule has 0 radical (unpaired) electrons. The van der Waals surface area contributed by atoms with Crippen LogP contribution in [0.1, 0.15) is 16.2 Å². The fourth-order valence-electron chi connectivity index (χ4n) is 1.48. The molecule has 0 aliphatic heterocycles. The Kier molecular flexibility index (Phi) is 3.47. The van der Waals surface area contributed by atoms with Crippen molar-refractivity contribution in [3.8, 4) is 5.69 Å². The number of hydrogen-bond acceptors (Lipinski definition) is 3. The van der Waals surface area contributed by atoms with E-state index in [9.17, 15) is 4.79 Å². The maximum atomic E-state index is 11.9. The summed E-state index contributed by atoms with van der Waals surface area (Å²) in [5.74, 6) is -0.143. The lowest BCUT2D eigenvalue weighted by Crippen LogP contribution is -2.23. The molecule has 1 aromatic heterocycles. The number of nitrogens with zero attached hydrogens (tertiary/aromatic N) is 4. The molecule has 0 N–H and O–H groups in total. The van der Waals surface area contributed by atoms with Crippen molar-refractivity contribution in [1.29, 1.82) is 0 Å². The van der Waals surface area contributed by atoms with Crippen LogP contribution in [0.4, 0.5) is 0 Å². The number of carbonyl (C=O) groups is 1. The normalized spacial score (nSPS) is 10.4. The van der Waals surface area contributed by atoms with E-state index < -0.39 is 0 Å². The largest absolute Gasteiger partial charge is 0.343 e. The lowest BCUT2D eigenvalue weighted by molar-refractivity contribution is 0.0821. The molecule has 0 atom stereocenters. The highest BCUT2D eigenvalue weighted by atomic mass is 79.9. The molecule has 0 spiro atoms. The van der Waals surface area contributed by atoms with E-state index in [-0.39, 0.29) is 5.91 Å². The molecule has 1 heterocycles. The second-order valence-electron chi connectivity index (χ2n) is 4.10. The Morgan fingerprint density at radius 3 is 2.39 bits per heavy atom. The number of halogens is 1. The summed E-state index contributed by atoms with van der Waals surface area (Å²) in [6.07, 6.45) is 0. The van der Waals surface area contributed by atoms with E-state index in [0.717, 1.165) is 10.2 Å². The van der Waals surface area contributed by atoms with Crippen molar-refractivity contribution < 1.29 is 4.79 Å². The van der Waals surface area contributed by atoms with Crippen molar-refractivity contribution in [2.24, 2.45) is 0 Å². The molecular weight excluding hydrogens is 296 g/mol. The summed E-state index contributed by atoms with van der Waals surface area (Å²) in [7, 11) is 3.39. The predicted molar refractivity (Wildman–Crippen MR) is 71.8 cm³/mol. The van der Waals surface area contributed by atoms with E-state index in [1.54, 1.807) is 21.0 Å². The molecule has 5 nitrogen and oxygen atoms in total. The average Bonchev–Trinajstić information content (AvgIpc) is 2.71. The van der Waals surface area contributed by atoms with Gasteiger partial charge < -0.3 is 4.90 Å². The zero-order valence-electron chi connectivity index (χ0n) is 10.4. The quantitative estimate of drug-likeness (QED) is 0.853. The molecule has 18 heavy (non-hydrogen) atoms. The Labute approximate surface area is 114 Å². The van der Waals surface area contributed by atoms with Crippen molar-refractivity contribution in [2.75, 3.05) is 14.1 Å². The second-order valence-corrected chi connectivity index (χ2v) is 5.02. The van der Waals surface area contributed by atoms with E-state index in [1.807, 2.05) is 24.3 Å². The standard InChI is InChI=1S/C12H13BrN4O/c1-8-11(12(18)16(2)3)15-17(14-8)10-6-4-9(13)5-7-10/h4-7H,1-3H3. The molecule has 0 unspecified atom stereocenters. The van der Waals surface area contributed by atoms with Crippen molar-refractivity contribution in [2.45, 2.75) is 6.92 Å². The molecule has 1 amide bonds. The van der Waals surface area contributed by atoms with Crippen molar-refractivity contribution in [3.05, 3.63) is 40.1 Å². The van der Waals surface area contributed by atoms with Crippen LogP contribution in [-0.4, -0.2) is 39.9 Å². The highest BCUT2D eigenvalue weighted by molar-refractivity contribution is 9.10. The average molecular weight is 309 g/mol. The molecule has 0 saturated heterocycles. The van der Waals surface area contributed by atoms with Crippen molar-refractivity contribution in [1.82, 2.24) is 19.9 Å². The van der Waals surface area contributed by atoms with Gasteiger partial charge >= 0.3 is 0 Å². The first-order chi connectivity index (χ1) is 8.49. The molecule has 0 bridgehead atoms. The van der Waals surface area contributed by atoms with Crippen LogP contribution in [0.2, 0.25) is 0 Å². The molecule has 2 rings (SSSR count). The third-order valence-corrected chi connectivity index (χ3v) is 2.98. The predicted octanol–water partition coefficient (Wildman–Crippen LogP) is 2.04. The van der Waals surface area contributed by atoms with E-state index in [4.69, 9.17) is 0 Å². The summed E-state index contributed by atoms with van der Waals surface area (Å²) in [6.45, 7) is 1.78. The number of rotatable bonds is 2. The SMILES string of the molecule is Cc1nn(-c2ccc(Br)cc2)nc1C(=O)N(C)C. The van der Waals surface area contributed by atoms with Crippen LogP contribution < -0.4 is 0 Å². The zero-order chi connectivity index (χ0) is 13.3. The Bertz CT molecular complexity index is 574. The van der Waals surface area contributed by atoms with E-state index >= 15 is 0 Å². The number of hydrogen-bond donors (Lipinski definition) is 0. The molecule has 1 aromatic carbocycles. The lowest BCUT2D eigenvalue weighted by Gasteiger charge is -2.07. The molecular formula is C12H13BrN4O. The van der Waals surface area contributed by atoms with Crippen molar-refractivity contribution >= 4 is 21.8 Å². The number of aromatic nitrogens is 3. The number of carbonyl (C=O) groups excluding carboxylic acids is 1. The van der Waals surface area contributed by atoms with Gasteiger partial charge in [0.1, 0.15) is 0 Å². The van der Waals surface area contributed by atoms with Crippen LogP contribution in [-0.2, 0) is 0 Å². The van der Waals surface area contributed by atoms with Gasteiger partial charge in [-0.15, -0.1) is 5.10 Å². The van der Waals surface area contributed by atoms with E-state index in [0.29, 0.717) is 11.4 Å². The van der Waals surface area contributed by atoms with Crippen LogP contribution in [0.25, 0.3) is 5.69 Å². The van der Waals surface area contributed by atoms with Gasteiger partial charge in [0.05, 0.1) is 11.4 Å². The monoisotopic (exact) mass is 308 g/mol. The minimum atomic E-state index is -0.143. The van der Waals surface area contributed by atoms with Gasteiger partial charge in [-0.25, -0.2) is 0 Å². The summed E-state index contributed by atoms with van der Waals surface area (Å²) >= 11 is 3.37. The lowest BCUT2D eigenvalue weighted by atomic mass is 10.3. The summed E-state index contributed by atoms with van der Waals surface area (Å²) in [6, 6.07) is 7.57. The molecule has 0 saturated carbocycles. The highest BCUT2D eigenvalue weighted by Gasteiger charge is 2.17. The number of aryl methyl sites for hydroxylation is 1. The van der Waals surface area contributed by atoms with Crippen LogP contribution in [0.5, 0.6) is 0 Å². The Morgan fingerprint density at radius 1 is 1.22 bits per heavy atom.